The van der Waals surface area contributed by atoms with Crippen LogP contribution in [-0.2, 0) is 38.0 Å². The van der Waals surface area contributed by atoms with E-state index in [-0.39, 0.29) is 26.1 Å². The van der Waals surface area contributed by atoms with Crippen molar-refractivity contribution < 1.29 is 73.8 Å². The van der Waals surface area contributed by atoms with Gasteiger partial charge in [0.2, 0.25) is 0 Å². The molecule has 0 aliphatic carbocycles. The number of aliphatic hydroxyl groups is 7. The topological polar surface area (TPSA) is 231 Å². The molecule has 58 heavy (non-hydrogen) atoms. The molecule has 2 heterocycles. The van der Waals surface area contributed by atoms with E-state index < -0.39 is 92.7 Å². The van der Waals surface area contributed by atoms with E-state index in [1.54, 1.807) is 0 Å². The molecule has 0 unspecified atom stereocenters. The van der Waals surface area contributed by atoms with E-state index in [4.69, 9.17) is 28.4 Å². The lowest BCUT2D eigenvalue weighted by atomic mass is 9.98. The molecular formula is C43H76O15. The van der Waals surface area contributed by atoms with E-state index in [0.717, 1.165) is 57.8 Å². The lowest BCUT2D eigenvalue weighted by molar-refractivity contribution is -0.332. The average Bonchev–Trinajstić information content (AvgIpc) is 3.21. The fourth-order valence-electron chi connectivity index (χ4n) is 6.90. The molecular weight excluding hydrogens is 756 g/mol. The molecule has 0 spiro atoms. The second-order valence-corrected chi connectivity index (χ2v) is 15.6. The van der Waals surface area contributed by atoms with Gasteiger partial charge in [-0.1, -0.05) is 102 Å². The summed E-state index contributed by atoms with van der Waals surface area (Å²) in [6.45, 7) is 3.98. The molecule has 15 nitrogen and oxygen atoms in total. The number of ether oxygens (including phenoxy) is 6. The third-order valence-electron chi connectivity index (χ3n) is 10.6. The van der Waals surface area contributed by atoms with Crippen LogP contribution in [0.5, 0.6) is 0 Å². The molecule has 0 aromatic heterocycles. The van der Waals surface area contributed by atoms with Crippen LogP contribution in [0.1, 0.15) is 142 Å². The molecule has 338 valence electrons. The van der Waals surface area contributed by atoms with Gasteiger partial charge in [-0.25, -0.2) is 0 Å². The fraction of sp³-hybridized carbons (Fsp3) is 0.860. The van der Waals surface area contributed by atoms with E-state index >= 15 is 0 Å². The van der Waals surface area contributed by atoms with Gasteiger partial charge in [0.25, 0.3) is 0 Å². The highest BCUT2D eigenvalue weighted by molar-refractivity contribution is 5.70. The van der Waals surface area contributed by atoms with E-state index in [0.29, 0.717) is 12.8 Å². The van der Waals surface area contributed by atoms with E-state index in [1.165, 1.54) is 51.4 Å². The van der Waals surface area contributed by atoms with Gasteiger partial charge in [0.05, 0.1) is 19.8 Å². The van der Waals surface area contributed by atoms with E-state index in [2.05, 4.69) is 25.7 Å². The Morgan fingerprint density at radius 2 is 1.07 bits per heavy atom. The summed E-state index contributed by atoms with van der Waals surface area (Å²) in [6.07, 6.45) is 10.1. The van der Waals surface area contributed by atoms with E-state index in [9.17, 15) is 45.3 Å². The number of allylic oxidation sites excluding steroid dienone is 3. The van der Waals surface area contributed by atoms with Gasteiger partial charge < -0.3 is 64.2 Å². The Morgan fingerprint density at radius 3 is 1.62 bits per heavy atom. The molecule has 15 heteroatoms. The Kier molecular flexibility index (Phi) is 28.6. The molecule has 0 amide bonds. The Bertz CT molecular complexity index is 1110. The van der Waals surface area contributed by atoms with Gasteiger partial charge in [0.15, 0.2) is 18.7 Å². The molecule has 11 atom stereocenters. The normalized spacial score (nSPS) is 28.1. The van der Waals surface area contributed by atoms with Crippen molar-refractivity contribution in [2.75, 3.05) is 26.4 Å². The summed E-state index contributed by atoms with van der Waals surface area (Å²) in [7, 11) is 0. The molecule has 2 saturated heterocycles. The maximum absolute atomic E-state index is 12.8. The standard InChI is InChI=1S/C43H76O15/c1-3-5-7-9-11-12-13-14-15-16-17-18-20-21-23-25-34(45)53-28-31(56-35(46)26-24-22-19-10-8-6-4-2)29-54-42-41(52)39(50)37(48)33(58-42)30-55-43-40(51)38(49)36(47)32(27-44)57-43/h4-5,7,31-33,36-44,47-52H,2-3,6,8-30H2,1H3/b7-5+/t31-,32-,33-,36+,37+,38+,39+,40-,41-,42-,43+/m1/s1. The van der Waals surface area contributed by atoms with Crippen LogP contribution in [0.3, 0.4) is 0 Å². The van der Waals surface area contributed by atoms with Crippen LogP contribution in [-0.4, -0.2) is 142 Å². The molecule has 0 aromatic rings. The van der Waals surface area contributed by atoms with Crippen LogP contribution in [0.2, 0.25) is 0 Å². The van der Waals surface area contributed by atoms with Gasteiger partial charge >= 0.3 is 11.9 Å². The highest BCUT2D eigenvalue weighted by Gasteiger charge is 2.47. The summed E-state index contributed by atoms with van der Waals surface area (Å²) in [5.41, 5.74) is 0. The second kappa shape index (κ2) is 31.8. The third-order valence-corrected chi connectivity index (χ3v) is 10.6. The summed E-state index contributed by atoms with van der Waals surface area (Å²) in [5, 5.41) is 71.6. The SMILES string of the molecule is C=CCCCCCCCC(=O)O[C@H](COC(=O)CCCCCCCCCCCCC/C=C/CC)CO[C@@H]1O[C@H](CO[C@H]2O[C@H](CO)[C@H](O)[C@H](O)[C@H]2O)[C@H](O)[C@H](O)[C@H]1O. The zero-order valence-electron chi connectivity index (χ0n) is 34.9. The minimum atomic E-state index is -1.76. The first-order valence-corrected chi connectivity index (χ1v) is 21.9. The Morgan fingerprint density at radius 1 is 0.586 bits per heavy atom. The largest absolute Gasteiger partial charge is 0.462 e. The first-order chi connectivity index (χ1) is 28.0. The smallest absolute Gasteiger partial charge is 0.306 e. The van der Waals surface area contributed by atoms with Crippen molar-refractivity contribution in [1.29, 1.82) is 0 Å². The van der Waals surface area contributed by atoms with Crippen LogP contribution in [0, 0.1) is 0 Å². The lowest BCUT2D eigenvalue weighted by Gasteiger charge is -2.42. The Hall–Kier alpha value is -2.02. The van der Waals surface area contributed by atoms with Crippen molar-refractivity contribution in [3.05, 3.63) is 24.8 Å². The number of esters is 2. The van der Waals surface area contributed by atoms with Crippen molar-refractivity contribution >= 4 is 11.9 Å². The molecule has 0 bridgehead atoms. The average molecular weight is 833 g/mol. The van der Waals surface area contributed by atoms with Crippen molar-refractivity contribution in [2.24, 2.45) is 0 Å². The summed E-state index contributed by atoms with van der Waals surface area (Å²) < 4.78 is 33.3. The van der Waals surface area contributed by atoms with Crippen LogP contribution in [0.15, 0.2) is 24.8 Å². The van der Waals surface area contributed by atoms with Crippen molar-refractivity contribution in [2.45, 2.75) is 209 Å². The zero-order chi connectivity index (χ0) is 42.5. The monoisotopic (exact) mass is 833 g/mol. The number of rotatable bonds is 33. The predicted octanol–water partition coefficient (Wildman–Crippen LogP) is 4.04. The maximum Gasteiger partial charge on any atom is 0.306 e. The highest BCUT2D eigenvalue weighted by atomic mass is 16.7. The molecule has 2 fully saturated rings. The van der Waals surface area contributed by atoms with Gasteiger partial charge in [0, 0.05) is 12.8 Å². The minimum Gasteiger partial charge on any atom is -0.462 e. The van der Waals surface area contributed by atoms with Crippen molar-refractivity contribution in [3.8, 4) is 0 Å². The Labute approximate surface area is 345 Å². The maximum atomic E-state index is 12.8. The molecule has 2 rings (SSSR count). The first kappa shape index (κ1) is 52.1. The van der Waals surface area contributed by atoms with Gasteiger partial charge in [-0.3, -0.25) is 9.59 Å². The van der Waals surface area contributed by atoms with E-state index in [1.807, 2.05) is 6.08 Å². The van der Waals surface area contributed by atoms with Crippen LogP contribution in [0.4, 0.5) is 0 Å². The third kappa shape index (κ3) is 21.0. The summed E-state index contributed by atoms with van der Waals surface area (Å²) >= 11 is 0. The fourth-order valence-corrected chi connectivity index (χ4v) is 6.90. The van der Waals surface area contributed by atoms with Gasteiger partial charge in [-0.05, 0) is 44.9 Å². The second-order valence-electron chi connectivity index (χ2n) is 15.6. The molecule has 2 aliphatic rings. The molecule has 7 N–H and O–H groups in total. The van der Waals surface area contributed by atoms with Gasteiger partial charge in [-0.2, -0.15) is 0 Å². The lowest BCUT2D eigenvalue weighted by Crippen LogP contribution is -2.61. The van der Waals surface area contributed by atoms with Crippen LogP contribution in [0.25, 0.3) is 0 Å². The number of hydrogen-bond donors (Lipinski definition) is 7. The predicted molar refractivity (Wildman–Crippen MR) is 215 cm³/mol. The highest BCUT2D eigenvalue weighted by Crippen LogP contribution is 2.26. The molecule has 0 saturated carbocycles. The Balaban J connectivity index is 1.82. The van der Waals surface area contributed by atoms with Gasteiger partial charge in [0.1, 0.15) is 55.4 Å². The number of carbonyl (C=O) groups excluding carboxylic acids is 2. The number of hydrogen-bond acceptors (Lipinski definition) is 15. The summed E-state index contributed by atoms with van der Waals surface area (Å²) in [5.74, 6) is -0.953. The molecule has 2 aliphatic heterocycles. The van der Waals surface area contributed by atoms with Gasteiger partial charge in [-0.15, -0.1) is 6.58 Å². The van der Waals surface area contributed by atoms with Crippen LogP contribution >= 0.6 is 0 Å². The zero-order valence-corrected chi connectivity index (χ0v) is 34.9. The van der Waals surface area contributed by atoms with Crippen molar-refractivity contribution in [1.82, 2.24) is 0 Å². The van der Waals surface area contributed by atoms with Crippen LogP contribution < -0.4 is 0 Å². The molecule has 0 aromatic carbocycles. The first-order valence-electron chi connectivity index (χ1n) is 21.9. The summed E-state index contributed by atoms with van der Waals surface area (Å²) in [6, 6.07) is 0. The number of carbonyl (C=O) groups is 2. The van der Waals surface area contributed by atoms with Crippen molar-refractivity contribution in [3.63, 3.8) is 0 Å². The minimum absolute atomic E-state index is 0.146. The molecule has 0 radical (unpaired) electrons. The quantitative estimate of drug-likeness (QED) is 0.0281. The number of unbranched alkanes of at least 4 members (excludes halogenated alkanes) is 16. The number of aliphatic hydroxyl groups excluding tert-OH is 7. The summed E-state index contributed by atoms with van der Waals surface area (Å²) in [4.78, 5) is 25.4.